The second kappa shape index (κ2) is 49.9. The van der Waals surface area contributed by atoms with E-state index in [9.17, 15) is 14.4 Å². The molecule has 350 valence electrons. The molecule has 0 bridgehead atoms. The Morgan fingerprint density at radius 1 is 0.349 bits per heavy atom. The maximum atomic E-state index is 12.8. The van der Waals surface area contributed by atoms with Crippen molar-refractivity contribution in [2.75, 3.05) is 13.2 Å². The van der Waals surface area contributed by atoms with Crippen molar-refractivity contribution in [1.82, 2.24) is 0 Å². The lowest BCUT2D eigenvalue weighted by molar-refractivity contribution is -0.166. The molecule has 0 rings (SSSR count). The van der Waals surface area contributed by atoms with Crippen LogP contribution in [0.5, 0.6) is 0 Å². The van der Waals surface area contributed by atoms with Crippen molar-refractivity contribution in [2.24, 2.45) is 0 Å². The second-order valence-corrected chi connectivity index (χ2v) is 15.5. The SMILES string of the molecule is CC\C=C/C=C\C=C/C=C\C=C\C=C/C=C\CCCCCC(=O)OCC(COC(=O)CC/C=C\C/C=C\CCCCCCCC)OC(=O)CCCCCCC\C=C/C=C\C=C/CC. The first kappa shape index (κ1) is 58.3. The molecule has 0 spiro atoms. The number of allylic oxidation sites excluding steroid dienone is 24. The first-order chi connectivity index (χ1) is 31.0. The van der Waals surface area contributed by atoms with E-state index in [4.69, 9.17) is 14.2 Å². The number of hydrogen-bond donors (Lipinski definition) is 0. The number of hydrogen-bond acceptors (Lipinski definition) is 6. The molecule has 0 aliphatic carbocycles. The number of carbonyl (C=O) groups is 3. The zero-order valence-electron chi connectivity index (χ0n) is 39.8. The number of rotatable bonds is 41. The minimum absolute atomic E-state index is 0.134. The third-order valence-electron chi connectivity index (χ3n) is 9.58. The Hall–Kier alpha value is -4.71. The quantitative estimate of drug-likeness (QED) is 0.0200. The van der Waals surface area contributed by atoms with E-state index in [0.29, 0.717) is 12.8 Å². The van der Waals surface area contributed by atoms with Gasteiger partial charge in [0.1, 0.15) is 13.2 Å². The first-order valence-electron chi connectivity index (χ1n) is 24.5. The van der Waals surface area contributed by atoms with Gasteiger partial charge in [-0.2, -0.15) is 0 Å². The molecule has 0 fully saturated rings. The summed E-state index contributed by atoms with van der Waals surface area (Å²) < 4.78 is 16.6. The van der Waals surface area contributed by atoms with Crippen molar-refractivity contribution in [3.05, 3.63) is 146 Å². The minimum atomic E-state index is -0.836. The molecule has 0 aromatic rings. The fourth-order valence-electron chi connectivity index (χ4n) is 5.95. The Bertz CT molecular complexity index is 1460. The number of unbranched alkanes of at least 4 members (excludes halogenated alkanes) is 14. The third-order valence-corrected chi connectivity index (χ3v) is 9.58. The summed E-state index contributed by atoms with van der Waals surface area (Å²) in [4.78, 5) is 37.9. The molecule has 0 N–H and O–H groups in total. The smallest absolute Gasteiger partial charge is 0.306 e. The standard InChI is InChI=1S/C57H86O6/c1-4-7-10-13-16-19-22-25-26-27-28-29-30-33-35-38-41-44-47-50-56(59)62-53-54(63-57(60)51-48-45-42-39-36-32-24-21-18-15-12-9-6-3)52-61-55(58)49-46-43-40-37-34-31-23-20-17-14-11-8-5-2/h7,9-10,12-13,15-16,18-19,21-22,24-31,33-35,40,43,54H,4-6,8,11,14,17,20,23,32,36-39,41-42,44-53H2,1-3H3/b10-7-,12-9-,16-13-,18-15-,22-19-,24-21-,26-25-,28-27+,30-29-,34-31-,35-33-,43-40-. The van der Waals surface area contributed by atoms with Gasteiger partial charge in [-0.05, 0) is 77.0 Å². The van der Waals surface area contributed by atoms with Gasteiger partial charge in [0.05, 0.1) is 0 Å². The van der Waals surface area contributed by atoms with Crippen LogP contribution in [0, 0.1) is 0 Å². The first-order valence-corrected chi connectivity index (χ1v) is 24.5. The normalized spacial score (nSPS) is 13.4. The molecule has 1 atom stereocenters. The summed E-state index contributed by atoms with van der Waals surface area (Å²) in [6.07, 6.45) is 71.2. The highest BCUT2D eigenvalue weighted by Gasteiger charge is 2.19. The van der Waals surface area contributed by atoms with Gasteiger partial charge in [0, 0.05) is 19.3 Å². The van der Waals surface area contributed by atoms with Gasteiger partial charge in [-0.15, -0.1) is 0 Å². The van der Waals surface area contributed by atoms with Gasteiger partial charge in [0.15, 0.2) is 6.10 Å². The average molecular weight is 867 g/mol. The van der Waals surface area contributed by atoms with Crippen LogP contribution in [-0.2, 0) is 28.6 Å². The van der Waals surface area contributed by atoms with Crippen LogP contribution in [0.25, 0.3) is 0 Å². The maximum Gasteiger partial charge on any atom is 0.306 e. The summed E-state index contributed by atoms with van der Waals surface area (Å²) in [5.74, 6) is -1.08. The monoisotopic (exact) mass is 867 g/mol. The number of ether oxygens (including phenoxy) is 3. The largest absolute Gasteiger partial charge is 0.462 e. The van der Waals surface area contributed by atoms with Crippen LogP contribution >= 0.6 is 0 Å². The molecule has 6 heteroatoms. The van der Waals surface area contributed by atoms with Crippen LogP contribution in [0.4, 0.5) is 0 Å². The summed E-state index contributed by atoms with van der Waals surface area (Å²) in [7, 11) is 0. The Balaban J connectivity index is 4.61. The second-order valence-electron chi connectivity index (χ2n) is 15.5. The fourth-order valence-corrected chi connectivity index (χ4v) is 5.95. The zero-order valence-corrected chi connectivity index (χ0v) is 39.8. The molecular weight excluding hydrogens is 781 g/mol. The molecule has 0 aromatic carbocycles. The van der Waals surface area contributed by atoms with E-state index in [0.717, 1.165) is 83.5 Å². The van der Waals surface area contributed by atoms with E-state index in [1.165, 1.54) is 38.5 Å². The summed E-state index contributed by atoms with van der Waals surface area (Å²) >= 11 is 0. The van der Waals surface area contributed by atoms with Crippen molar-refractivity contribution in [3.63, 3.8) is 0 Å². The average Bonchev–Trinajstić information content (AvgIpc) is 3.28. The molecule has 1 unspecified atom stereocenters. The van der Waals surface area contributed by atoms with Crippen LogP contribution in [0.15, 0.2) is 146 Å². The molecule has 63 heavy (non-hydrogen) atoms. The van der Waals surface area contributed by atoms with Crippen molar-refractivity contribution >= 4 is 17.9 Å². The van der Waals surface area contributed by atoms with Gasteiger partial charge in [0.25, 0.3) is 0 Å². The molecule has 0 amide bonds. The van der Waals surface area contributed by atoms with Crippen LogP contribution in [-0.4, -0.2) is 37.2 Å². The molecule has 0 heterocycles. The lowest BCUT2D eigenvalue weighted by Crippen LogP contribution is -2.30. The van der Waals surface area contributed by atoms with E-state index >= 15 is 0 Å². The van der Waals surface area contributed by atoms with Gasteiger partial charge in [-0.1, -0.05) is 224 Å². The van der Waals surface area contributed by atoms with Crippen molar-refractivity contribution < 1.29 is 28.6 Å². The number of esters is 3. The lowest BCUT2D eigenvalue weighted by atomic mass is 10.1. The highest BCUT2D eigenvalue weighted by atomic mass is 16.6. The zero-order chi connectivity index (χ0) is 45.8. The van der Waals surface area contributed by atoms with E-state index in [1.807, 2.05) is 85.1 Å². The Kier molecular flexibility index (Phi) is 46.2. The molecule has 0 radical (unpaired) electrons. The predicted octanol–water partition coefficient (Wildman–Crippen LogP) is 16.1. The summed E-state index contributed by atoms with van der Waals surface area (Å²) in [5, 5.41) is 0. The van der Waals surface area contributed by atoms with Gasteiger partial charge in [-0.25, -0.2) is 0 Å². The number of carbonyl (C=O) groups excluding carboxylic acids is 3. The van der Waals surface area contributed by atoms with Crippen LogP contribution in [0.3, 0.4) is 0 Å². The van der Waals surface area contributed by atoms with Crippen molar-refractivity contribution in [3.8, 4) is 0 Å². The molecule has 0 aliphatic rings. The highest BCUT2D eigenvalue weighted by Crippen LogP contribution is 2.12. The van der Waals surface area contributed by atoms with E-state index in [-0.39, 0.29) is 50.4 Å². The lowest BCUT2D eigenvalue weighted by Gasteiger charge is -2.18. The van der Waals surface area contributed by atoms with Gasteiger partial charge in [-0.3, -0.25) is 14.4 Å². The van der Waals surface area contributed by atoms with Gasteiger partial charge >= 0.3 is 17.9 Å². The highest BCUT2D eigenvalue weighted by molar-refractivity contribution is 5.71. The topological polar surface area (TPSA) is 78.9 Å². The van der Waals surface area contributed by atoms with E-state index < -0.39 is 6.10 Å². The maximum absolute atomic E-state index is 12.8. The molecule has 0 saturated carbocycles. The van der Waals surface area contributed by atoms with E-state index in [1.54, 1.807) is 0 Å². The van der Waals surface area contributed by atoms with Crippen molar-refractivity contribution in [1.29, 1.82) is 0 Å². The minimum Gasteiger partial charge on any atom is -0.462 e. The summed E-state index contributed by atoms with van der Waals surface area (Å²) in [5.41, 5.74) is 0. The molecule has 0 aromatic heterocycles. The summed E-state index contributed by atoms with van der Waals surface area (Å²) in [6, 6.07) is 0. The van der Waals surface area contributed by atoms with Crippen LogP contribution in [0.2, 0.25) is 0 Å². The van der Waals surface area contributed by atoms with Gasteiger partial charge in [0.2, 0.25) is 0 Å². The predicted molar refractivity (Wildman–Crippen MR) is 269 cm³/mol. The molecular formula is C57H86O6. The molecule has 0 saturated heterocycles. The van der Waals surface area contributed by atoms with Crippen molar-refractivity contribution in [2.45, 2.75) is 181 Å². The molecule has 0 aliphatic heterocycles. The Labute approximate surface area is 385 Å². The van der Waals surface area contributed by atoms with Gasteiger partial charge < -0.3 is 14.2 Å². The van der Waals surface area contributed by atoms with E-state index in [2.05, 4.69) is 81.5 Å². The third kappa shape index (κ3) is 48.2. The molecule has 6 nitrogen and oxygen atoms in total. The fraction of sp³-hybridized carbons (Fsp3) is 0.526. The van der Waals surface area contributed by atoms with Crippen LogP contribution in [0.1, 0.15) is 175 Å². The Morgan fingerprint density at radius 2 is 0.714 bits per heavy atom. The Morgan fingerprint density at radius 3 is 1.21 bits per heavy atom. The van der Waals surface area contributed by atoms with Crippen LogP contribution < -0.4 is 0 Å². The summed E-state index contributed by atoms with van der Waals surface area (Å²) in [6.45, 7) is 6.20.